The van der Waals surface area contributed by atoms with Gasteiger partial charge in [-0.05, 0) is 50.7 Å². The standard InChI is InChI=1S/C22H27FN6O2/c1-14(15-5-6-15)25-22(30)18-11-24-28-9-7-20(26-21(18)28)27-8-3-4-19(27)16-10-17(23)13-29(2,31)12-16/h7,9-11,13-15,19H,3-6,8,12H2,1-2H3,(H,25,30)/t14-,19+,29?/m0/s1. The summed E-state index contributed by atoms with van der Waals surface area (Å²) < 4.78 is 14.9. The Morgan fingerprint density at radius 1 is 1.39 bits per heavy atom. The van der Waals surface area contributed by atoms with Crippen LogP contribution in [0.2, 0.25) is 0 Å². The van der Waals surface area contributed by atoms with E-state index < -0.39 is 10.5 Å². The van der Waals surface area contributed by atoms with Crippen molar-refractivity contribution in [3.05, 3.63) is 52.9 Å². The van der Waals surface area contributed by atoms with Crippen molar-refractivity contribution in [1.29, 1.82) is 0 Å². The van der Waals surface area contributed by atoms with Crippen molar-refractivity contribution in [2.75, 3.05) is 25.0 Å². The van der Waals surface area contributed by atoms with Crippen LogP contribution in [0.4, 0.5) is 10.2 Å². The summed E-state index contributed by atoms with van der Waals surface area (Å²) in [5.74, 6) is 0.603. The third kappa shape index (κ3) is 3.95. The number of halogens is 1. The van der Waals surface area contributed by atoms with E-state index in [1.54, 1.807) is 16.9 Å². The Morgan fingerprint density at radius 2 is 2.19 bits per heavy atom. The number of fused-ring (bicyclic) bond motifs is 1. The number of hydrogen-bond donors (Lipinski definition) is 1. The van der Waals surface area contributed by atoms with E-state index in [1.807, 2.05) is 13.0 Å². The number of hydroxylamine groups is 3. The summed E-state index contributed by atoms with van der Waals surface area (Å²) in [6.45, 7) is 3.01. The number of hydrogen-bond acceptors (Lipinski definition) is 5. The van der Waals surface area contributed by atoms with Crippen molar-refractivity contribution in [2.24, 2.45) is 5.92 Å². The van der Waals surface area contributed by atoms with Crippen LogP contribution in [0.25, 0.3) is 5.65 Å². The highest BCUT2D eigenvalue weighted by Gasteiger charge is 2.34. The number of amides is 1. The van der Waals surface area contributed by atoms with Crippen LogP contribution in [-0.4, -0.2) is 57.4 Å². The molecule has 9 heteroatoms. The van der Waals surface area contributed by atoms with E-state index in [0.29, 0.717) is 22.9 Å². The van der Waals surface area contributed by atoms with Gasteiger partial charge < -0.3 is 20.1 Å². The predicted octanol–water partition coefficient (Wildman–Crippen LogP) is 2.92. The Bertz CT molecular complexity index is 1090. The molecule has 164 valence electrons. The van der Waals surface area contributed by atoms with Gasteiger partial charge in [0.05, 0.1) is 19.3 Å². The number of nitrogens with one attached hydrogen (secondary N) is 1. The molecule has 0 spiro atoms. The molecule has 8 nitrogen and oxygen atoms in total. The van der Waals surface area contributed by atoms with Gasteiger partial charge in [-0.3, -0.25) is 4.79 Å². The molecule has 5 rings (SSSR count). The van der Waals surface area contributed by atoms with Crippen LogP contribution in [-0.2, 0) is 0 Å². The van der Waals surface area contributed by atoms with Crippen molar-refractivity contribution in [3.63, 3.8) is 0 Å². The first-order valence-corrected chi connectivity index (χ1v) is 10.9. The average molecular weight is 426 g/mol. The Hall–Kier alpha value is -2.78. The zero-order valence-electron chi connectivity index (χ0n) is 17.8. The van der Waals surface area contributed by atoms with Crippen molar-refractivity contribution in [3.8, 4) is 0 Å². The molecule has 2 aromatic heterocycles. The largest absolute Gasteiger partial charge is 0.628 e. The van der Waals surface area contributed by atoms with Gasteiger partial charge in [-0.25, -0.2) is 13.9 Å². The number of carbonyl (C=O) groups is 1. The van der Waals surface area contributed by atoms with Gasteiger partial charge in [0.1, 0.15) is 24.1 Å². The first-order chi connectivity index (χ1) is 14.8. The first kappa shape index (κ1) is 20.1. The summed E-state index contributed by atoms with van der Waals surface area (Å²) >= 11 is 0. The fraction of sp³-hybridized carbons (Fsp3) is 0.500. The third-order valence-corrected chi connectivity index (χ3v) is 6.48. The molecule has 1 amide bonds. The molecule has 31 heavy (non-hydrogen) atoms. The van der Waals surface area contributed by atoms with Gasteiger partial charge in [0.25, 0.3) is 5.91 Å². The zero-order valence-corrected chi connectivity index (χ0v) is 17.8. The van der Waals surface area contributed by atoms with Gasteiger partial charge in [0.15, 0.2) is 11.5 Å². The number of aromatic nitrogens is 3. The predicted molar refractivity (Wildman–Crippen MR) is 115 cm³/mol. The molecule has 0 radical (unpaired) electrons. The number of anilines is 1. The maximum Gasteiger partial charge on any atom is 0.256 e. The molecule has 3 atom stereocenters. The monoisotopic (exact) mass is 426 g/mol. The normalized spacial score (nSPS) is 27.2. The second kappa shape index (κ2) is 7.42. The summed E-state index contributed by atoms with van der Waals surface area (Å²) in [5.41, 5.74) is 1.72. The minimum Gasteiger partial charge on any atom is -0.628 e. The highest BCUT2D eigenvalue weighted by atomic mass is 19.1. The average Bonchev–Trinajstić information content (AvgIpc) is 3.29. The van der Waals surface area contributed by atoms with E-state index in [-0.39, 0.29) is 24.5 Å². The molecule has 2 fully saturated rings. The minimum atomic E-state index is -0.749. The van der Waals surface area contributed by atoms with Gasteiger partial charge in [-0.2, -0.15) is 5.10 Å². The van der Waals surface area contributed by atoms with Gasteiger partial charge >= 0.3 is 0 Å². The van der Waals surface area contributed by atoms with Crippen molar-refractivity contribution in [2.45, 2.75) is 44.7 Å². The van der Waals surface area contributed by atoms with E-state index in [0.717, 1.165) is 44.0 Å². The van der Waals surface area contributed by atoms with Crippen LogP contribution in [0.5, 0.6) is 0 Å². The molecule has 1 N–H and O–H groups in total. The maximum absolute atomic E-state index is 14.1. The van der Waals surface area contributed by atoms with Crippen LogP contribution in [0.15, 0.2) is 42.1 Å². The number of quaternary nitrogens is 1. The molecule has 4 heterocycles. The number of likely N-dealkylation sites (N-methyl/N-ethyl adjacent to an activating group) is 1. The lowest BCUT2D eigenvalue weighted by Gasteiger charge is -2.40. The van der Waals surface area contributed by atoms with E-state index in [2.05, 4.69) is 15.3 Å². The Morgan fingerprint density at radius 3 is 2.94 bits per heavy atom. The lowest BCUT2D eigenvalue weighted by Crippen LogP contribution is -2.42. The van der Waals surface area contributed by atoms with Crippen LogP contribution >= 0.6 is 0 Å². The molecule has 2 aromatic rings. The number of allylic oxidation sites excluding steroid dienone is 2. The van der Waals surface area contributed by atoms with Crippen molar-refractivity contribution < 1.29 is 13.8 Å². The van der Waals surface area contributed by atoms with E-state index in [1.165, 1.54) is 13.1 Å². The Labute approximate surface area is 180 Å². The lowest BCUT2D eigenvalue weighted by atomic mass is 10.0. The summed E-state index contributed by atoms with van der Waals surface area (Å²) in [6.07, 6.45) is 9.98. The molecule has 1 saturated carbocycles. The van der Waals surface area contributed by atoms with Gasteiger partial charge in [0, 0.05) is 24.4 Å². The molecule has 1 aliphatic carbocycles. The lowest BCUT2D eigenvalue weighted by molar-refractivity contribution is -0.804. The third-order valence-electron chi connectivity index (χ3n) is 6.48. The maximum atomic E-state index is 14.1. The molecule has 0 aromatic carbocycles. The number of rotatable bonds is 5. The van der Waals surface area contributed by atoms with Crippen LogP contribution in [0.1, 0.15) is 43.0 Å². The highest BCUT2D eigenvalue weighted by molar-refractivity contribution is 6.00. The van der Waals surface area contributed by atoms with Crippen LogP contribution < -0.4 is 10.2 Å². The Balaban J connectivity index is 1.43. The molecule has 3 aliphatic rings. The molecular weight excluding hydrogens is 399 g/mol. The van der Waals surface area contributed by atoms with Crippen molar-refractivity contribution in [1.82, 2.24) is 19.9 Å². The summed E-state index contributed by atoms with van der Waals surface area (Å²) in [5, 5.41) is 19.8. The Kier molecular flexibility index (Phi) is 4.82. The SMILES string of the molecule is C[C@H](NC(=O)c1cnn2ccc(N3CCC[C@@H]3C3=CC(F)=C[N+](C)([O-])C3)nc12)C1CC1. The fourth-order valence-corrected chi connectivity index (χ4v) is 4.74. The van der Waals surface area contributed by atoms with E-state index >= 15 is 0 Å². The molecule has 2 aliphatic heterocycles. The first-order valence-electron chi connectivity index (χ1n) is 10.9. The van der Waals surface area contributed by atoms with Gasteiger partial charge in [-0.15, -0.1) is 0 Å². The summed E-state index contributed by atoms with van der Waals surface area (Å²) in [6, 6.07) is 1.90. The topological polar surface area (TPSA) is 85.6 Å². The summed E-state index contributed by atoms with van der Waals surface area (Å²) in [7, 11) is 1.45. The minimum absolute atomic E-state index is 0.0871. The van der Waals surface area contributed by atoms with Gasteiger partial charge in [-0.1, -0.05) is 0 Å². The number of nitrogens with zero attached hydrogens (tertiary/aromatic N) is 5. The molecular formula is C22H27FN6O2. The van der Waals surface area contributed by atoms with Crippen LogP contribution in [0, 0.1) is 11.1 Å². The highest BCUT2D eigenvalue weighted by Crippen LogP contribution is 2.34. The van der Waals surface area contributed by atoms with Gasteiger partial charge in [0.2, 0.25) is 0 Å². The second-order valence-corrected chi connectivity index (χ2v) is 9.13. The molecule has 0 bridgehead atoms. The smallest absolute Gasteiger partial charge is 0.256 e. The quantitative estimate of drug-likeness (QED) is 0.587. The van der Waals surface area contributed by atoms with E-state index in [9.17, 15) is 14.4 Å². The second-order valence-electron chi connectivity index (χ2n) is 9.13. The van der Waals surface area contributed by atoms with Crippen molar-refractivity contribution >= 4 is 17.4 Å². The number of carbonyl (C=O) groups excluding carboxylic acids is 1. The summed E-state index contributed by atoms with van der Waals surface area (Å²) in [4.78, 5) is 19.7. The molecule has 1 unspecified atom stereocenters. The van der Waals surface area contributed by atoms with Crippen LogP contribution in [0.3, 0.4) is 0 Å². The molecule has 1 saturated heterocycles. The zero-order chi connectivity index (χ0) is 21.8. The van der Waals surface area contributed by atoms with E-state index in [4.69, 9.17) is 4.98 Å². The fourth-order valence-electron chi connectivity index (χ4n) is 4.74.